The first-order chi connectivity index (χ1) is 14.5. The van der Waals surface area contributed by atoms with Crippen molar-refractivity contribution in [3.63, 3.8) is 0 Å². The normalized spacial score (nSPS) is 11.9. The number of thioether (sulfide) groups is 1. The van der Waals surface area contributed by atoms with Gasteiger partial charge in [0, 0.05) is 14.1 Å². The van der Waals surface area contributed by atoms with Crippen LogP contribution in [0.5, 0.6) is 5.75 Å². The number of aromatic nitrogens is 3. The van der Waals surface area contributed by atoms with E-state index in [0.29, 0.717) is 17.5 Å². The van der Waals surface area contributed by atoms with Gasteiger partial charge in [-0.2, -0.15) is 0 Å². The van der Waals surface area contributed by atoms with Crippen molar-refractivity contribution in [2.75, 3.05) is 19.8 Å². The largest absolute Gasteiger partial charge is 0.486 e. The fourth-order valence-corrected chi connectivity index (χ4v) is 4.01. The predicted octanol–water partition coefficient (Wildman–Crippen LogP) is 4.21. The Kier molecular flexibility index (Phi) is 7.52. The zero-order valence-electron chi connectivity index (χ0n) is 17.9. The molecule has 1 aromatic heterocycles. The molecule has 0 N–H and O–H groups in total. The van der Waals surface area contributed by atoms with Gasteiger partial charge < -0.3 is 9.64 Å². The molecule has 0 radical (unpaired) electrons. The Hall–Kier alpha value is -2.80. The zero-order valence-corrected chi connectivity index (χ0v) is 18.7. The van der Waals surface area contributed by atoms with Crippen LogP contribution in [0.2, 0.25) is 0 Å². The van der Waals surface area contributed by atoms with E-state index in [1.165, 1.54) is 17.3 Å². The van der Waals surface area contributed by atoms with Gasteiger partial charge in [-0.1, -0.05) is 61.2 Å². The molecule has 1 amide bonds. The van der Waals surface area contributed by atoms with Gasteiger partial charge in [-0.05, 0) is 36.6 Å². The van der Waals surface area contributed by atoms with Crippen molar-refractivity contribution < 1.29 is 9.53 Å². The lowest BCUT2D eigenvalue weighted by molar-refractivity contribution is -0.125. The summed E-state index contributed by atoms with van der Waals surface area (Å²) in [6, 6.07) is 18.3. The first-order valence-corrected chi connectivity index (χ1v) is 11.0. The van der Waals surface area contributed by atoms with Crippen LogP contribution >= 0.6 is 11.8 Å². The van der Waals surface area contributed by atoms with Crippen molar-refractivity contribution in [2.45, 2.75) is 38.1 Å². The van der Waals surface area contributed by atoms with E-state index in [4.69, 9.17) is 4.74 Å². The number of aryl methyl sites for hydroxylation is 1. The Labute approximate surface area is 182 Å². The highest BCUT2D eigenvalue weighted by Crippen LogP contribution is 2.27. The third-order valence-corrected chi connectivity index (χ3v) is 5.86. The molecule has 1 heterocycles. The van der Waals surface area contributed by atoms with Crippen molar-refractivity contribution in [3.8, 4) is 5.75 Å². The average molecular weight is 425 g/mol. The van der Waals surface area contributed by atoms with Gasteiger partial charge in [0.1, 0.15) is 12.4 Å². The van der Waals surface area contributed by atoms with E-state index in [0.717, 1.165) is 23.6 Å². The summed E-state index contributed by atoms with van der Waals surface area (Å²) in [5.74, 6) is 1.87. The summed E-state index contributed by atoms with van der Waals surface area (Å²) < 4.78 is 8.05. The third-order valence-electron chi connectivity index (χ3n) is 4.93. The second-order valence-corrected chi connectivity index (χ2v) is 8.16. The maximum Gasteiger partial charge on any atom is 0.232 e. The first kappa shape index (κ1) is 21.9. The van der Waals surface area contributed by atoms with E-state index in [1.807, 2.05) is 30.3 Å². The number of amides is 1. The standard InChI is InChI=1S/C23H28N4O2S/c1-5-18-11-13-20(14-12-18)29-15-21-24-25-23(30-16-22(28)26(3)4)27(21)17(2)19-9-7-6-8-10-19/h6-14,17H,5,15-16H2,1-4H3/t17-/m0/s1. The van der Waals surface area contributed by atoms with Crippen LogP contribution in [0, 0.1) is 0 Å². The minimum atomic E-state index is 0.0132. The van der Waals surface area contributed by atoms with Crippen molar-refractivity contribution in [3.05, 3.63) is 71.5 Å². The number of nitrogens with zero attached hydrogens (tertiary/aromatic N) is 4. The van der Waals surface area contributed by atoms with Crippen LogP contribution in [0.4, 0.5) is 0 Å². The molecule has 0 unspecified atom stereocenters. The molecule has 2 aromatic carbocycles. The number of benzene rings is 2. The van der Waals surface area contributed by atoms with Crippen LogP contribution in [-0.4, -0.2) is 45.4 Å². The molecule has 3 rings (SSSR count). The molecule has 1 atom stereocenters. The summed E-state index contributed by atoms with van der Waals surface area (Å²) in [7, 11) is 3.51. The highest BCUT2D eigenvalue weighted by molar-refractivity contribution is 7.99. The maximum absolute atomic E-state index is 12.1. The number of carbonyl (C=O) groups is 1. The zero-order chi connectivity index (χ0) is 21.5. The molecule has 0 aliphatic rings. The van der Waals surface area contributed by atoms with Gasteiger partial charge >= 0.3 is 0 Å². The monoisotopic (exact) mass is 424 g/mol. The van der Waals surface area contributed by atoms with Gasteiger partial charge in [0.15, 0.2) is 11.0 Å². The van der Waals surface area contributed by atoms with Gasteiger partial charge in [-0.3, -0.25) is 9.36 Å². The summed E-state index contributed by atoms with van der Waals surface area (Å²) in [4.78, 5) is 13.6. The lowest BCUT2D eigenvalue weighted by Crippen LogP contribution is -2.23. The Bertz CT molecular complexity index is 955. The van der Waals surface area contributed by atoms with Gasteiger partial charge in [0.2, 0.25) is 5.91 Å². The Balaban J connectivity index is 1.83. The predicted molar refractivity (Wildman–Crippen MR) is 120 cm³/mol. The fourth-order valence-electron chi connectivity index (χ4n) is 3.00. The van der Waals surface area contributed by atoms with Crippen LogP contribution < -0.4 is 4.74 Å². The Morgan fingerprint density at radius 3 is 2.43 bits per heavy atom. The van der Waals surface area contributed by atoms with E-state index >= 15 is 0 Å². The smallest absolute Gasteiger partial charge is 0.232 e. The minimum Gasteiger partial charge on any atom is -0.486 e. The van der Waals surface area contributed by atoms with Crippen molar-refractivity contribution in [1.82, 2.24) is 19.7 Å². The molecule has 0 aliphatic carbocycles. The molecule has 0 saturated heterocycles. The Morgan fingerprint density at radius 2 is 1.80 bits per heavy atom. The van der Waals surface area contributed by atoms with Gasteiger partial charge in [0.25, 0.3) is 0 Å². The lowest BCUT2D eigenvalue weighted by Gasteiger charge is -2.19. The summed E-state index contributed by atoms with van der Waals surface area (Å²) in [6.45, 7) is 4.54. The number of ether oxygens (including phenoxy) is 1. The molecular formula is C23H28N4O2S. The van der Waals surface area contributed by atoms with Crippen LogP contribution in [0.25, 0.3) is 0 Å². The Morgan fingerprint density at radius 1 is 1.10 bits per heavy atom. The summed E-state index contributed by atoms with van der Waals surface area (Å²) in [5.41, 5.74) is 2.42. The second-order valence-electron chi connectivity index (χ2n) is 7.22. The number of hydrogen-bond acceptors (Lipinski definition) is 5. The van der Waals surface area contributed by atoms with Crippen LogP contribution in [-0.2, 0) is 17.8 Å². The van der Waals surface area contributed by atoms with Gasteiger partial charge in [-0.15, -0.1) is 10.2 Å². The molecule has 6 nitrogen and oxygen atoms in total. The van der Waals surface area contributed by atoms with Gasteiger partial charge in [0.05, 0.1) is 11.8 Å². The molecule has 158 valence electrons. The molecule has 7 heteroatoms. The lowest BCUT2D eigenvalue weighted by atomic mass is 10.1. The SMILES string of the molecule is CCc1ccc(OCc2nnc(SCC(=O)N(C)C)n2[C@@H](C)c2ccccc2)cc1. The quantitative estimate of drug-likeness (QED) is 0.482. The topological polar surface area (TPSA) is 60.3 Å². The number of hydrogen-bond donors (Lipinski definition) is 0. The second kappa shape index (κ2) is 10.3. The third kappa shape index (κ3) is 5.42. The summed E-state index contributed by atoms with van der Waals surface area (Å²) >= 11 is 1.40. The summed E-state index contributed by atoms with van der Waals surface area (Å²) in [5, 5.41) is 9.45. The van der Waals surface area contributed by atoms with Crippen molar-refractivity contribution >= 4 is 17.7 Å². The van der Waals surface area contributed by atoms with E-state index in [9.17, 15) is 4.79 Å². The molecule has 3 aromatic rings. The summed E-state index contributed by atoms with van der Waals surface area (Å²) in [6.07, 6.45) is 0.995. The molecular weight excluding hydrogens is 396 g/mol. The molecule has 0 bridgehead atoms. The molecule has 0 fully saturated rings. The van der Waals surface area contributed by atoms with E-state index in [-0.39, 0.29) is 11.9 Å². The number of rotatable bonds is 9. The molecule has 0 saturated carbocycles. The number of carbonyl (C=O) groups excluding carboxylic acids is 1. The highest BCUT2D eigenvalue weighted by atomic mass is 32.2. The van der Waals surface area contributed by atoms with Gasteiger partial charge in [-0.25, -0.2) is 0 Å². The maximum atomic E-state index is 12.1. The van der Waals surface area contributed by atoms with Crippen molar-refractivity contribution in [2.24, 2.45) is 0 Å². The first-order valence-electron chi connectivity index (χ1n) is 10.0. The average Bonchev–Trinajstić information content (AvgIpc) is 3.19. The minimum absolute atomic E-state index is 0.0132. The van der Waals surface area contributed by atoms with Crippen LogP contribution in [0.3, 0.4) is 0 Å². The van der Waals surface area contributed by atoms with E-state index in [1.54, 1.807) is 19.0 Å². The highest BCUT2D eigenvalue weighted by Gasteiger charge is 2.20. The van der Waals surface area contributed by atoms with E-state index < -0.39 is 0 Å². The molecule has 0 spiro atoms. The van der Waals surface area contributed by atoms with Crippen LogP contribution in [0.15, 0.2) is 59.8 Å². The van der Waals surface area contributed by atoms with Crippen LogP contribution in [0.1, 0.15) is 36.8 Å². The van der Waals surface area contributed by atoms with E-state index in [2.05, 4.69) is 52.9 Å². The fraction of sp³-hybridized carbons (Fsp3) is 0.348. The molecule has 0 aliphatic heterocycles. The molecule has 30 heavy (non-hydrogen) atoms. The van der Waals surface area contributed by atoms with Crippen molar-refractivity contribution in [1.29, 1.82) is 0 Å².